The molecule has 0 amide bonds. The van der Waals surface area contributed by atoms with Gasteiger partial charge >= 0.3 is 0 Å². The largest absolute Gasteiger partial charge is 0.312 e. The Hall–Kier alpha value is -0.130. The lowest BCUT2D eigenvalue weighted by molar-refractivity contribution is 0.251. The molecule has 1 atom stereocenters. The molecule has 2 aliphatic rings. The number of rotatable bonds is 3. The summed E-state index contributed by atoms with van der Waals surface area (Å²) in [5.74, 6) is 0.633. The Kier molecular flexibility index (Phi) is 4.90. The van der Waals surface area contributed by atoms with Gasteiger partial charge in [-0.05, 0) is 50.7 Å². The van der Waals surface area contributed by atoms with Crippen molar-refractivity contribution in [2.45, 2.75) is 45.6 Å². The molecule has 1 unspecified atom stereocenters. The minimum atomic E-state index is -2.79. The van der Waals surface area contributed by atoms with Crippen LogP contribution in [0.15, 0.2) is 0 Å². The van der Waals surface area contributed by atoms with E-state index in [1.54, 1.807) is 0 Å². The fourth-order valence-corrected chi connectivity index (χ4v) is 4.59. The minimum Gasteiger partial charge on any atom is -0.312 e. The molecule has 2 fully saturated rings. The van der Waals surface area contributed by atoms with E-state index < -0.39 is 9.84 Å². The predicted octanol–water partition coefficient (Wildman–Crippen LogP) is 1.28. The first-order valence-electron chi connectivity index (χ1n) is 7.53. The minimum absolute atomic E-state index is 0.162. The molecule has 112 valence electrons. The summed E-state index contributed by atoms with van der Waals surface area (Å²) >= 11 is 0. The molecule has 0 bridgehead atoms. The van der Waals surface area contributed by atoms with Crippen molar-refractivity contribution in [1.82, 2.24) is 10.2 Å². The van der Waals surface area contributed by atoms with E-state index in [2.05, 4.69) is 24.1 Å². The van der Waals surface area contributed by atoms with Gasteiger partial charge in [-0.1, -0.05) is 13.8 Å². The first-order valence-corrected chi connectivity index (χ1v) is 9.35. The summed E-state index contributed by atoms with van der Waals surface area (Å²) in [6.07, 6.45) is 4.78. The zero-order valence-corrected chi connectivity index (χ0v) is 13.1. The SMILES string of the molecule is CC1(C)CCCN(CCC2CS(=O)(=O)CCN2)CC1. The molecule has 0 radical (unpaired) electrons. The van der Waals surface area contributed by atoms with Gasteiger partial charge in [0.2, 0.25) is 0 Å². The summed E-state index contributed by atoms with van der Waals surface area (Å²) in [5, 5.41) is 3.34. The third-order valence-electron chi connectivity index (χ3n) is 4.53. The average molecular weight is 288 g/mol. The first-order chi connectivity index (χ1) is 8.86. The Morgan fingerprint density at radius 3 is 2.79 bits per heavy atom. The highest BCUT2D eigenvalue weighted by atomic mass is 32.2. The van der Waals surface area contributed by atoms with Gasteiger partial charge in [0.1, 0.15) is 0 Å². The van der Waals surface area contributed by atoms with Crippen LogP contribution in [-0.2, 0) is 9.84 Å². The maximum atomic E-state index is 11.6. The second kappa shape index (κ2) is 6.10. The van der Waals surface area contributed by atoms with Gasteiger partial charge < -0.3 is 10.2 Å². The van der Waals surface area contributed by atoms with Gasteiger partial charge in [0, 0.05) is 12.6 Å². The maximum absolute atomic E-state index is 11.6. The number of likely N-dealkylation sites (tertiary alicyclic amines) is 1. The zero-order chi connectivity index (χ0) is 13.9. The molecule has 0 saturated carbocycles. The van der Waals surface area contributed by atoms with Crippen molar-refractivity contribution in [2.24, 2.45) is 5.41 Å². The molecule has 0 aromatic carbocycles. The van der Waals surface area contributed by atoms with Gasteiger partial charge in [0.05, 0.1) is 11.5 Å². The van der Waals surface area contributed by atoms with E-state index in [0.717, 1.165) is 19.5 Å². The first kappa shape index (κ1) is 15.3. The monoisotopic (exact) mass is 288 g/mol. The van der Waals surface area contributed by atoms with Crippen LogP contribution in [-0.4, -0.2) is 57.0 Å². The summed E-state index contributed by atoms with van der Waals surface area (Å²) in [6, 6.07) is 0.162. The summed E-state index contributed by atoms with van der Waals surface area (Å²) in [6.45, 7) is 8.69. The number of sulfone groups is 1. The van der Waals surface area contributed by atoms with Crippen LogP contribution < -0.4 is 5.32 Å². The highest BCUT2D eigenvalue weighted by molar-refractivity contribution is 7.91. The van der Waals surface area contributed by atoms with Crippen molar-refractivity contribution >= 4 is 9.84 Å². The number of nitrogens with zero attached hydrogens (tertiary/aromatic N) is 1. The van der Waals surface area contributed by atoms with Crippen molar-refractivity contribution in [3.05, 3.63) is 0 Å². The molecule has 4 nitrogen and oxygen atoms in total. The molecule has 2 aliphatic heterocycles. The van der Waals surface area contributed by atoms with Crippen LogP contribution in [0.4, 0.5) is 0 Å². The van der Waals surface area contributed by atoms with Crippen LogP contribution in [0, 0.1) is 5.41 Å². The lowest BCUT2D eigenvalue weighted by Gasteiger charge is -2.27. The van der Waals surface area contributed by atoms with Crippen molar-refractivity contribution in [2.75, 3.05) is 37.7 Å². The molecule has 2 rings (SSSR count). The van der Waals surface area contributed by atoms with Gasteiger partial charge in [0.15, 0.2) is 9.84 Å². The average Bonchev–Trinajstić information content (AvgIpc) is 2.47. The molecule has 0 aromatic heterocycles. The summed E-state index contributed by atoms with van der Waals surface area (Å²) in [4.78, 5) is 2.51. The second-order valence-electron chi connectivity index (χ2n) is 6.91. The maximum Gasteiger partial charge on any atom is 0.153 e. The smallest absolute Gasteiger partial charge is 0.153 e. The van der Waals surface area contributed by atoms with Crippen molar-refractivity contribution in [3.8, 4) is 0 Å². The zero-order valence-electron chi connectivity index (χ0n) is 12.3. The van der Waals surface area contributed by atoms with Crippen LogP contribution in [0.2, 0.25) is 0 Å². The third kappa shape index (κ3) is 5.04. The van der Waals surface area contributed by atoms with E-state index in [0.29, 0.717) is 23.5 Å². The number of hydrogen-bond donors (Lipinski definition) is 1. The molecule has 2 saturated heterocycles. The molecule has 1 N–H and O–H groups in total. The fraction of sp³-hybridized carbons (Fsp3) is 1.00. The van der Waals surface area contributed by atoms with Crippen LogP contribution in [0.1, 0.15) is 39.5 Å². The molecular weight excluding hydrogens is 260 g/mol. The van der Waals surface area contributed by atoms with Crippen molar-refractivity contribution in [3.63, 3.8) is 0 Å². The van der Waals surface area contributed by atoms with Gasteiger partial charge in [-0.3, -0.25) is 0 Å². The van der Waals surface area contributed by atoms with E-state index in [1.807, 2.05) is 0 Å². The Balaban J connectivity index is 1.76. The lowest BCUT2D eigenvalue weighted by atomic mass is 9.85. The normalized spacial score (nSPS) is 31.8. The van der Waals surface area contributed by atoms with Gasteiger partial charge in [-0.2, -0.15) is 0 Å². The topological polar surface area (TPSA) is 49.4 Å². The summed E-state index contributed by atoms with van der Waals surface area (Å²) in [7, 11) is -2.79. The Morgan fingerprint density at radius 2 is 2.05 bits per heavy atom. The van der Waals surface area contributed by atoms with E-state index >= 15 is 0 Å². The van der Waals surface area contributed by atoms with Gasteiger partial charge in [-0.15, -0.1) is 0 Å². The third-order valence-corrected chi connectivity index (χ3v) is 6.26. The standard InChI is InChI=1S/C14H28N2O2S/c1-14(2)5-3-8-16(10-6-14)9-4-13-12-19(17,18)11-7-15-13/h13,15H,3-12H2,1-2H3. The van der Waals surface area contributed by atoms with E-state index in [4.69, 9.17) is 0 Å². The fourth-order valence-electron chi connectivity index (χ4n) is 3.09. The lowest BCUT2D eigenvalue weighted by Crippen LogP contribution is -2.46. The molecule has 19 heavy (non-hydrogen) atoms. The van der Waals surface area contributed by atoms with Crippen LogP contribution in [0.25, 0.3) is 0 Å². The molecule has 0 spiro atoms. The molecule has 5 heteroatoms. The summed E-state index contributed by atoms with van der Waals surface area (Å²) in [5.41, 5.74) is 0.473. The summed E-state index contributed by atoms with van der Waals surface area (Å²) < 4.78 is 23.2. The van der Waals surface area contributed by atoms with Crippen molar-refractivity contribution < 1.29 is 8.42 Å². The van der Waals surface area contributed by atoms with Crippen LogP contribution in [0.5, 0.6) is 0 Å². The quantitative estimate of drug-likeness (QED) is 0.850. The number of nitrogens with one attached hydrogen (secondary N) is 1. The van der Waals surface area contributed by atoms with Crippen molar-refractivity contribution in [1.29, 1.82) is 0 Å². The highest BCUT2D eigenvalue weighted by Crippen LogP contribution is 2.29. The molecule has 0 aromatic rings. The Labute approximate surface area is 117 Å². The van der Waals surface area contributed by atoms with Crippen LogP contribution >= 0.6 is 0 Å². The Morgan fingerprint density at radius 1 is 1.26 bits per heavy atom. The molecular formula is C14H28N2O2S. The van der Waals surface area contributed by atoms with Gasteiger partial charge in [0.25, 0.3) is 0 Å². The predicted molar refractivity (Wildman–Crippen MR) is 79.1 cm³/mol. The molecule has 2 heterocycles. The Bertz CT molecular complexity index is 392. The van der Waals surface area contributed by atoms with E-state index in [9.17, 15) is 8.42 Å². The number of hydrogen-bond acceptors (Lipinski definition) is 4. The molecule has 0 aliphatic carbocycles. The highest BCUT2D eigenvalue weighted by Gasteiger charge is 2.26. The van der Waals surface area contributed by atoms with Crippen LogP contribution in [0.3, 0.4) is 0 Å². The second-order valence-corrected chi connectivity index (χ2v) is 9.14. The van der Waals surface area contributed by atoms with E-state index in [-0.39, 0.29) is 6.04 Å². The van der Waals surface area contributed by atoms with Gasteiger partial charge in [-0.25, -0.2) is 8.42 Å². The van der Waals surface area contributed by atoms with E-state index in [1.165, 1.54) is 25.8 Å².